The Bertz CT molecular complexity index is 888. The first-order chi connectivity index (χ1) is 14.2. The van der Waals surface area contributed by atoms with Crippen LogP contribution in [0.25, 0.3) is 0 Å². The summed E-state index contributed by atoms with van der Waals surface area (Å²) in [5.74, 6) is -3.83. The quantitative estimate of drug-likeness (QED) is 0.595. The molecule has 1 fully saturated rings. The zero-order valence-corrected chi connectivity index (χ0v) is 17.4. The Morgan fingerprint density at radius 1 is 1.10 bits per heavy atom. The second-order valence-electron chi connectivity index (χ2n) is 8.37. The van der Waals surface area contributed by atoms with Crippen LogP contribution in [-0.4, -0.2) is 23.1 Å². The van der Waals surface area contributed by atoms with Crippen molar-refractivity contribution in [1.29, 1.82) is 0 Å². The highest BCUT2D eigenvalue weighted by Gasteiger charge is 2.32. The molecule has 1 aliphatic heterocycles. The highest BCUT2D eigenvalue weighted by atomic mass is 19.1. The number of hydrogen-bond donors (Lipinski definition) is 0. The standard InChI is InChI=1S/C23H26F3NO3/c1-23(2,3)30-22(28)27-11-7-6-10-20(27)17-9-5-4-8-15(17)14-29-21-18(25)12-16(24)13-19(21)26/h4-5,8-9,12-13,20H,6-7,10-11,14H2,1-3H3. The van der Waals surface area contributed by atoms with Crippen molar-refractivity contribution >= 4 is 6.09 Å². The van der Waals surface area contributed by atoms with Crippen molar-refractivity contribution in [3.63, 3.8) is 0 Å². The maximum atomic E-state index is 13.9. The lowest BCUT2D eigenvalue weighted by Crippen LogP contribution is -2.42. The lowest BCUT2D eigenvalue weighted by molar-refractivity contribution is 0.00932. The predicted molar refractivity (Wildman–Crippen MR) is 107 cm³/mol. The Morgan fingerprint density at radius 3 is 2.43 bits per heavy atom. The van der Waals surface area contributed by atoms with Crippen molar-refractivity contribution in [2.45, 2.75) is 58.3 Å². The minimum absolute atomic E-state index is 0.117. The fourth-order valence-corrected chi connectivity index (χ4v) is 3.60. The molecule has 0 spiro atoms. The number of piperidine rings is 1. The predicted octanol–water partition coefficient (Wildman–Crippen LogP) is 6.15. The van der Waals surface area contributed by atoms with E-state index < -0.39 is 34.9 Å². The number of ether oxygens (including phenoxy) is 2. The van der Waals surface area contributed by atoms with Gasteiger partial charge in [0.2, 0.25) is 0 Å². The van der Waals surface area contributed by atoms with Gasteiger partial charge >= 0.3 is 6.09 Å². The van der Waals surface area contributed by atoms with Crippen molar-refractivity contribution in [2.75, 3.05) is 6.54 Å². The number of carbonyl (C=O) groups excluding carboxylic acids is 1. The average Bonchev–Trinajstić information content (AvgIpc) is 2.66. The van der Waals surface area contributed by atoms with Crippen LogP contribution in [0, 0.1) is 17.5 Å². The summed E-state index contributed by atoms with van der Waals surface area (Å²) in [6.45, 7) is 5.90. The smallest absolute Gasteiger partial charge is 0.410 e. The van der Waals surface area contributed by atoms with Gasteiger partial charge in [0.25, 0.3) is 0 Å². The molecule has 30 heavy (non-hydrogen) atoms. The summed E-state index contributed by atoms with van der Waals surface area (Å²) in [7, 11) is 0. The zero-order chi connectivity index (χ0) is 21.9. The fraction of sp³-hybridized carbons (Fsp3) is 0.435. The van der Waals surface area contributed by atoms with Crippen LogP contribution in [-0.2, 0) is 11.3 Å². The van der Waals surface area contributed by atoms with Crippen LogP contribution in [0.1, 0.15) is 57.2 Å². The first-order valence-electron chi connectivity index (χ1n) is 10.0. The normalized spacial score (nSPS) is 17.0. The minimum atomic E-state index is -1.10. The van der Waals surface area contributed by atoms with Crippen molar-refractivity contribution < 1.29 is 27.4 Å². The molecule has 1 amide bonds. The van der Waals surface area contributed by atoms with E-state index in [0.29, 0.717) is 24.2 Å². The molecule has 0 bridgehead atoms. The van der Waals surface area contributed by atoms with Gasteiger partial charge in [0.05, 0.1) is 6.04 Å². The molecule has 0 radical (unpaired) electrons. The number of halogens is 3. The summed E-state index contributed by atoms with van der Waals surface area (Å²) < 4.78 is 51.9. The number of amides is 1. The zero-order valence-electron chi connectivity index (χ0n) is 17.4. The highest BCUT2D eigenvalue weighted by molar-refractivity contribution is 5.69. The van der Waals surface area contributed by atoms with Gasteiger partial charge in [0.1, 0.15) is 18.0 Å². The Kier molecular flexibility index (Phi) is 6.58. The molecule has 1 aliphatic rings. The summed E-state index contributed by atoms with van der Waals surface area (Å²) in [6, 6.07) is 8.24. The number of carbonyl (C=O) groups is 1. The Balaban J connectivity index is 1.84. The van der Waals surface area contributed by atoms with Gasteiger partial charge in [-0.2, -0.15) is 0 Å². The van der Waals surface area contributed by atoms with Gasteiger partial charge in [0, 0.05) is 18.7 Å². The second-order valence-corrected chi connectivity index (χ2v) is 8.37. The van der Waals surface area contributed by atoms with Crippen LogP contribution < -0.4 is 4.74 Å². The van der Waals surface area contributed by atoms with E-state index >= 15 is 0 Å². The van der Waals surface area contributed by atoms with Gasteiger partial charge in [-0.1, -0.05) is 24.3 Å². The number of rotatable bonds is 4. The van der Waals surface area contributed by atoms with Gasteiger partial charge in [-0.15, -0.1) is 0 Å². The van der Waals surface area contributed by atoms with E-state index in [2.05, 4.69) is 0 Å². The summed E-state index contributed by atoms with van der Waals surface area (Å²) >= 11 is 0. The van der Waals surface area contributed by atoms with E-state index in [4.69, 9.17) is 9.47 Å². The molecule has 7 heteroatoms. The first-order valence-corrected chi connectivity index (χ1v) is 10.0. The molecule has 0 saturated carbocycles. The lowest BCUT2D eigenvalue weighted by Gasteiger charge is -2.37. The summed E-state index contributed by atoms with van der Waals surface area (Å²) in [6.07, 6.45) is 2.18. The molecule has 0 N–H and O–H groups in total. The van der Waals surface area contributed by atoms with E-state index in [-0.39, 0.29) is 12.6 Å². The molecule has 162 valence electrons. The van der Waals surface area contributed by atoms with Crippen LogP contribution in [0.15, 0.2) is 36.4 Å². The van der Waals surface area contributed by atoms with Gasteiger partial charge in [-0.25, -0.2) is 18.0 Å². The van der Waals surface area contributed by atoms with Gasteiger partial charge in [-0.3, -0.25) is 0 Å². The summed E-state index contributed by atoms with van der Waals surface area (Å²) in [5, 5.41) is 0. The van der Waals surface area contributed by atoms with E-state index in [1.807, 2.05) is 32.9 Å². The Hall–Kier alpha value is -2.70. The fourth-order valence-electron chi connectivity index (χ4n) is 3.60. The van der Waals surface area contributed by atoms with Crippen molar-refractivity contribution in [3.8, 4) is 5.75 Å². The van der Waals surface area contributed by atoms with E-state index in [1.165, 1.54) is 0 Å². The highest BCUT2D eigenvalue weighted by Crippen LogP contribution is 2.35. The maximum Gasteiger partial charge on any atom is 0.410 e. The third-order valence-electron chi connectivity index (χ3n) is 4.88. The van der Waals surface area contributed by atoms with Crippen LogP contribution in [0.4, 0.5) is 18.0 Å². The Labute approximate surface area is 174 Å². The molecule has 0 aromatic heterocycles. The Morgan fingerprint density at radius 2 is 1.77 bits per heavy atom. The van der Waals surface area contributed by atoms with Crippen molar-refractivity contribution in [3.05, 3.63) is 65.0 Å². The number of likely N-dealkylation sites (tertiary alicyclic amines) is 1. The molecule has 1 heterocycles. The van der Waals surface area contributed by atoms with Crippen LogP contribution in [0.2, 0.25) is 0 Å². The van der Waals surface area contributed by atoms with Crippen molar-refractivity contribution in [1.82, 2.24) is 4.90 Å². The molecule has 4 nitrogen and oxygen atoms in total. The first kappa shape index (κ1) is 22.0. The second kappa shape index (κ2) is 8.98. The topological polar surface area (TPSA) is 38.8 Å². The molecule has 2 aromatic carbocycles. The third kappa shape index (κ3) is 5.26. The molecule has 3 rings (SSSR count). The minimum Gasteiger partial charge on any atom is -0.483 e. The summed E-state index contributed by atoms with van der Waals surface area (Å²) in [4.78, 5) is 14.4. The van der Waals surface area contributed by atoms with E-state index in [0.717, 1.165) is 24.8 Å². The monoisotopic (exact) mass is 421 g/mol. The SMILES string of the molecule is CC(C)(C)OC(=O)N1CCCCC1c1ccccc1COc1c(F)cc(F)cc1F. The number of hydrogen-bond acceptors (Lipinski definition) is 3. The van der Waals surface area contributed by atoms with Crippen LogP contribution >= 0.6 is 0 Å². The number of nitrogens with zero attached hydrogens (tertiary/aromatic N) is 1. The maximum absolute atomic E-state index is 13.9. The van der Waals surface area contributed by atoms with Crippen molar-refractivity contribution in [2.24, 2.45) is 0 Å². The van der Waals surface area contributed by atoms with Gasteiger partial charge in [0.15, 0.2) is 17.4 Å². The third-order valence-corrected chi connectivity index (χ3v) is 4.88. The average molecular weight is 421 g/mol. The van der Waals surface area contributed by atoms with Crippen LogP contribution in [0.5, 0.6) is 5.75 Å². The molecular formula is C23H26F3NO3. The van der Waals surface area contributed by atoms with E-state index in [9.17, 15) is 18.0 Å². The summed E-state index contributed by atoms with van der Waals surface area (Å²) in [5.41, 5.74) is 0.923. The van der Waals surface area contributed by atoms with E-state index in [1.54, 1.807) is 17.0 Å². The van der Waals surface area contributed by atoms with Gasteiger partial charge < -0.3 is 14.4 Å². The van der Waals surface area contributed by atoms with Gasteiger partial charge in [-0.05, 0) is 51.2 Å². The molecule has 0 aliphatic carbocycles. The molecule has 1 atom stereocenters. The lowest BCUT2D eigenvalue weighted by atomic mass is 9.92. The van der Waals surface area contributed by atoms with Crippen LogP contribution in [0.3, 0.4) is 0 Å². The number of benzene rings is 2. The molecule has 1 unspecified atom stereocenters. The largest absolute Gasteiger partial charge is 0.483 e. The molecule has 2 aromatic rings. The molecule has 1 saturated heterocycles. The molecular weight excluding hydrogens is 395 g/mol.